The smallest absolute Gasteiger partial charge is 0.338 e. The number of rotatable bonds is 4. The number of benzene rings is 1. The summed E-state index contributed by atoms with van der Waals surface area (Å²) in [5.74, 6) is -1.23. The Balaban J connectivity index is 1.99. The lowest BCUT2D eigenvalue weighted by Gasteiger charge is -2.22. The molecule has 1 aliphatic rings. The van der Waals surface area contributed by atoms with Gasteiger partial charge in [0.15, 0.2) is 12.4 Å². The quantitative estimate of drug-likeness (QED) is 0.768. The van der Waals surface area contributed by atoms with E-state index in [0.717, 1.165) is 6.92 Å². The van der Waals surface area contributed by atoms with Crippen molar-refractivity contribution in [3.05, 3.63) is 35.9 Å². The van der Waals surface area contributed by atoms with E-state index in [1.165, 1.54) is 6.92 Å². The molecule has 0 saturated carbocycles. The molecule has 22 heavy (non-hydrogen) atoms. The summed E-state index contributed by atoms with van der Waals surface area (Å²) in [5, 5.41) is 19.7. The summed E-state index contributed by atoms with van der Waals surface area (Å²) < 4.78 is 15.2. The molecule has 120 valence electrons. The lowest BCUT2D eigenvalue weighted by Crippen LogP contribution is -2.41. The molecule has 0 bridgehead atoms. The monoisotopic (exact) mass is 310 g/mol. The van der Waals surface area contributed by atoms with Crippen molar-refractivity contribution in [3.63, 3.8) is 0 Å². The van der Waals surface area contributed by atoms with Crippen LogP contribution in [0.15, 0.2) is 30.3 Å². The zero-order valence-corrected chi connectivity index (χ0v) is 12.2. The van der Waals surface area contributed by atoms with Crippen molar-refractivity contribution in [2.24, 2.45) is 0 Å². The first kappa shape index (κ1) is 16.4. The number of hydrogen-bond acceptors (Lipinski definition) is 7. The summed E-state index contributed by atoms with van der Waals surface area (Å²) in [7, 11) is 0. The summed E-state index contributed by atoms with van der Waals surface area (Å²) in [6.45, 7) is 2.68. The minimum atomic E-state index is -1.47. The number of aliphatic hydroxyl groups is 2. The summed E-state index contributed by atoms with van der Waals surface area (Å²) >= 11 is 0. The molecule has 0 amide bonds. The van der Waals surface area contributed by atoms with E-state index in [9.17, 15) is 19.8 Å². The molecule has 1 saturated heterocycles. The van der Waals surface area contributed by atoms with Gasteiger partial charge in [-0.2, -0.15) is 0 Å². The molecule has 0 radical (unpaired) electrons. The van der Waals surface area contributed by atoms with Gasteiger partial charge in [-0.1, -0.05) is 18.2 Å². The lowest BCUT2D eigenvalue weighted by molar-refractivity contribution is -0.172. The Bertz CT molecular complexity index is 530. The third-order valence-electron chi connectivity index (χ3n) is 3.32. The highest BCUT2D eigenvalue weighted by atomic mass is 16.7. The molecule has 2 rings (SSSR count). The van der Waals surface area contributed by atoms with Gasteiger partial charge in [-0.25, -0.2) is 4.79 Å². The third kappa shape index (κ3) is 3.62. The number of carbonyl (C=O) groups is 2. The summed E-state index contributed by atoms with van der Waals surface area (Å²) in [4.78, 5) is 22.9. The fourth-order valence-electron chi connectivity index (χ4n) is 2.26. The fraction of sp³-hybridized carbons (Fsp3) is 0.467. The van der Waals surface area contributed by atoms with Crippen molar-refractivity contribution < 1.29 is 34.0 Å². The van der Waals surface area contributed by atoms with Crippen LogP contribution in [-0.4, -0.2) is 52.9 Å². The van der Waals surface area contributed by atoms with Gasteiger partial charge < -0.3 is 24.4 Å². The average molecular weight is 310 g/mol. The van der Waals surface area contributed by atoms with E-state index in [1.807, 2.05) is 0 Å². The van der Waals surface area contributed by atoms with Crippen LogP contribution in [0.3, 0.4) is 0 Å². The maximum Gasteiger partial charge on any atom is 0.338 e. The van der Waals surface area contributed by atoms with Crippen LogP contribution in [0.2, 0.25) is 0 Å². The molecule has 5 atom stereocenters. The van der Waals surface area contributed by atoms with Crippen LogP contribution in [0.4, 0.5) is 0 Å². The normalized spacial score (nSPS) is 28.9. The molecule has 0 spiro atoms. The average Bonchev–Trinajstić information content (AvgIpc) is 2.76. The van der Waals surface area contributed by atoms with Gasteiger partial charge in [0, 0.05) is 6.92 Å². The Labute approximate surface area is 127 Å². The first-order valence-corrected chi connectivity index (χ1v) is 6.85. The molecule has 1 aliphatic heterocycles. The van der Waals surface area contributed by atoms with Gasteiger partial charge in [-0.05, 0) is 19.1 Å². The van der Waals surface area contributed by atoms with Crippen LogP contribution in [0.1, 0.15) is 24.2 Å². The molecule has 2 N–H and O–H groups in total. The van der Waals surface area contributed by atoms with E-state index in [-0.39, 0.29) is 0 Å². The third-order valence-corrected chi connectivity index (χ3v) is 3.32. The largest absolute Gasteiger partial charge is 0.456 e. The molecule has 0 aliphatic carbocycles. The maximum atomic E-state index is 12.0. The number of esters is 2. The first-order valence-electron chi connectivity index (χ1n) is 6.85. The summed E-state index contributed by atoms with van der Waals surface area (Å²) in [6.07, 6.45) is -5.80. The minimum absolute atomic E-state index is 0.360. The van der Waals surface area contributed by atoms with E-state index >= 15 is 0 Å². The fourth-order valence-corrected chi connectivity index (χ4v) is 2.26. The number of aliphatic hydroxyl groups excluding tert-OH is 2. The Kier molecular flexibility index (Phi) is 5.12. The van der Waals surface area contributed by atoms with Crippen LogP contribution >= 0.6 is 0 Å². The molecule has 7 nitrogen and oxygen atoms in total. The van der Waals surface area contributed by atoms with Gasteiger partial charge >= 0.3 is 11.9 Å². The number of hydrogen-bond donors (Lipinski definition) is 2. The topological polar surface area (TPSA) is 102 Å². The van der Waals surface area contributed by atoms with Gasteiger partial charge in [0.25, 0.3) is 0 Å². The predicted octanol–water partition coefficient (Wildman–Crippen LogP) is 0.242. The van der Waals surface area contributed by atoms with Gasteiger partial charge in [0.1, 0.15) is 18.3 Å². The number of ether oxygens (including phenoxy) is 3. The maximum absolute atomic E-state index is 12.0. The highest BCUT2D eigenvalue weighted by Crippen LogP contribution is 2.26. The molecule has 1 fully saturated rings. The highest BCUT2D eigenvalue weighted by Gasteiger charge is 2.48. The van der Waals surface area contributed by atoms with Crippen LogP contribution in [0, 0.1) is 0 Å². The van der Waals surface area contributed by atoms with E-state index < -0.39 is 42.6 Å². The van der Waals surface area contributed by atoms with Crippen molar-refractivity contribution in [3.8, 4) is 0 Å². The molecule has 7 heteroatoms. The Morgan fingerprint density at radius 1 is 1.23 bits per heavy atom. The molecular weight excluding hydrogens is 292 g/mol. The van der Waals surface area contributed by atoms with Crippen LogP contribution in [-0.2, 0) is 19.0 Å². The van der Waals surface area contributed by atoms with Gasteiger partial charge in [-0.3, -0.25) is 4.79 Å². The van der Waals surface area contributed by atoms with Crippen molar-refractivity contribution >= 4 is 11.9 Å². The second-order valence-electron chi connectivity index (χ2n) is 5.03. The van der Waals surface area contributed by atoms with Gasteiger partial charge in [-0.15, -0.1) is 0 Å². The molecule has 0 aromatic heterocycles. The predicted molar refractivity (Wildman–Crippen MR) is 73.8 cm³/mol. The molecule has 1 aromatic rings. The van der Waals surface area contributed by atoms with E-state index in [4.69, 9.17) is 14.2 Å². The van der Waals surface area contributed by atoms with Gasteiger partial charge in [0.05, 0.1) is 5.56 Å². The molecule has 1 unspecified atom stereocenters. The van der Waals surface area contributed by atoms with E-state index in [2.05, 4.69) is 0 Å². The standard InChI is InChI=1S/C15H18O7/c1-8(20-14(18)10-6-4-3-5-7-10)12-11(17)13(15(19)22-12)21-9(2)16/h3-8,11-13,15,17,19H,1-2H3/t8-,11-,12-,13-,15?/m1/s1. The van der Waals surface area contributed by atoms with Crippen molar-refractivity contribution in [1.29, 1.82) is 0 Å². The Morgan fingerprint density at radius 2 is 1.86 bits per heavy atom. The Morgan fingerprint density at radius 3 is 2.45 bits per heavy atom. The second kappa shape index (κ2) is 6.87. The first-order chi connectivity index (χ1) is 10.4. The molecule has 1 heterocycles. The zero-order valence-electron chi connectivity index (χ0n) is 12.2. The van der Waals surface area contributed by atoms with Crippen molar-refractivity contribution in [2.45, 2.75) is 44.6 Å². The van der Waals surface area contributed by atoms with Gasteiger partial charge in [0.2, 0.25) is 0 Å². The minimum Gasteiger partial charge on any atom is -0.456 e. The van der Waals surface area contributed by atoms with Crippen LogP contribution in [0.5, 0.6) is 0 Å². The van der Waals surface area contributed by atoms with E-state index in [1.54, 1.807) is 30.3 Å². The van der Waals surface area contributed by atoms with Crippen LogP contribution < -0.4 is 0 Å². The zero-order chi connectivity index (χ0) is 16.3. The van der Waals surface area contributed by atoms with E-state index in [0.29, 0.717) is 5.56 Å². The SMILES string of the molecule is CC(=O)O[C@H]1C(O)O[C@H]([C@@H](C)OC(=O)c2ccccc2)[C@H]1O. The molecule has 1 aromatic carbocycles. The second-order valence-corrected chi connectivity index (χ2v) is 5.03. The highest BCUT2D eigenvalue weighted by molar-refractivity contribution is 5.89. The van der Waals surface area contributed by atoms with Crippen molar-refractivity contribution in [1.82, 2.24) is 0 Å². The lowest BCUT2D eigenvalue weighted by atomic mass is 10.1. The molecular formula is C15H18O7. The number of carbonyl (C=O) groups excluding carboxylic acids is 2. The van der Waals surface area contributed by atoms with Crippen LogP contribution in [0.25, 0.3) is 0 Å². The summed E-state index contributed by atoms with van der Waals surface area (Å²) in [6, 6.07) is 8.35. The summed E-state index contributed by atoms with van der Waals surface area (Å²) in [5.41, 5.74) is 0.360. The Hall–Kier alpha value is -1.96. The van der Waals surface area contributed by atoms with Crippen molar-refractivity contribution in [2.75, 3.05) is 0 Å².